The maximum absolute atomic E-state index is 9.64. The molecule has 0 radical (unpaired) electrons. The Morgan fingerprint density at radius 1 is 1.28 bits per heavy atom. The molecule has 1 aliphatic rings. The number of aliphatic hydroxyl groups excluding tert-OH is 1. The van der Waals surface area contributed by atoms with Gasteiger partial charge in [-0.15, -0.1) is 0 Å². The van der Waals surface area contributed by atoms with Gasteiger partial charge in [-0.2, -0.15) is 11.8 Å². The molecule has 1 saturated carbocycles. The Morgan fingerprint density at radius 2 is 2.00 bits per heavy atom. The van der Waals surface area contributed by atoms with Crippen LogP contribution in [0.1, 0.15) is 65.2 Å². The van der Waals surface area contributed by atoms with E-state index in [1.54, 1.807) is 0 Å². The largest absolute Gasteiger partial charge is 0.394 e. The van der Waals surface area contributed by atoms with Gasteiger partial charge in [-0.3, -0.25) is 0 Å². The Kier molecular flexibility index (Phi) is 8.36. The molecule has 18 heavy (non-hydrogen) atoms. The number of hydrogen-bond donors (Lipinski definition) is 2. The van der Waals surface area contributed by atoms with E-state index in [4.69, 9.17) is 0 Å². The summed E-state index contributed by atoms with van der Waals surface area (Å²) in [5, 5.41) is 14.1. The average Bonchev–Trinajstić information content (AvgIpc) is 2.92. The normalized spacial score (nSPS) is 20.2. The molecule has 1 rings (SSSR count). The first-order chi connectivity index (χ1) is 8.76. The van der Waals surface area contributed by atoms with Crippen LogP contribution in [0.4, 0.5) is 0 Å². The van der Waals surface area contributed by atoms with Crippen molar-refractivity contribution >= 4 is 11.8 Å². The van der Waals surface area contributed by atoms with E-state index in [0.717, 1.165) is 31.1 Å². The fourth-order valence-corrected chi connectivity index (χ4v) is 4.05. The first-order valence-corrected chi connectivity index (χ1v) is 8.78. The zero-order chi connectivity index (χ0) is 13.3. The lowest BCUT2D eigenvalue weighted by Gasteiger charge is -2.32. The van der Waals surface area contributed by atoms with Crippen molar-refractivity contribution in [2.75, 3.05) is 18.9 Å². The van der Waals surface area contributed by atoms with Crippen molar-refractivity contribution < 1.29 is 5.11 Å². The molecular weight excluding hydrogens is 242 g/mol. The van der Waals surface area contributed by atoms with Gasteiger partial charge in [0.1, 0.15) is 0 Å². The van der Waals surface area contributed by atoms with Gasteiger partial charge in [-0.1, -0.05) is 26.7 Å². The van der Waals surface area contributed by atoms with Gasteiger partial charge >= 0.3 is 0 Å². The van der Waals surface area contributed by atoms with Gasteiger partial charge in [0.05, 0.1) is 6.61 Å². The molecule has 1 unspecified atom stereocenters. The fourth-order valence-electron chi connectivity index (χ4n) is 2.74. The van der Waals surface area contributed by atoms with Crippen molar-refractivity contribution in [3.05, 3.63) is 0 Å². The van der Waals surface area contributed by atoms with Crippen molar-refractivity contribution in [3.63, 3.8) is 0 Å². The lowest BCUT2D eigenvalue weighted by atomic mass is 9.91. The predicted octanol–water partition coefficient (Wildman–Crippen LogP) is 3.58. The Labute approximate surface area is 117 Å². The summed E-state index contributed by atoms with van der Waals surface area (Å²) in [6, 6.07) is 0. The van der Waals surface area contributed by atoms with E-state index in [0.29, 0.717) is 0 Å². The van der Waals surface area contributed by atoms with Crippen LogP contribution in [-0.4, -0.2) is 34.8 Å². The lowest BCUT2D eigenvalue weighted by Crippen LogP contribution is -2.48. The lowest BCUT2D eigenvalue weighted by molar-refractivity contribution is 0.146. The minimum Gasteiger partial charge on any atom is -0.394 e. The van der Waals surface area contributed by atoms with Gasteiger partial charge < -0.3 is 10.4 Å². The highest BCUT2D eigenvalue weighted by Crippen LogP contribution is 2.30. The van der Waals surface area contributed by atoms with E-state index in [1.807, 2.05) is 0 Å². The molecule has 0 spiro atoms. The minimum absolute atomic E-state index is 0.0216. The molecule has 2 nitrogen and oxygen atoms in total. The van der Waals surface area contributed by atoms with Crippen molar-refractivity contribution in [1.82, 2.24) is 5.32 Å². The maximum Gasteiger partial charge on any atom is 0.0613 e. The summed E-state index contributed by atoms with van der Waals surface area (Å²) in [4.78, 5) is 0. The highest BCUT2D eigenvalue weighted by Gasteiger charge is 2.25. The summed E-state index contributed by atoms with van der Waals surface area (Å²) in [6.45, 7) is 5.66. The van der Waals surface area contributed by atoms with Crippen molar-refractivity contribution in [2.45, 2.75) is 76.0 Å². The zero-order valence-corrected chi connectivity index (χ0v) is 13.0. The Hall–Kier alpha value is 0.270. The molecule has 0 aromatic heterocycles. The van der Waals surface area contributed by atoms with Crippen LogP contribution in [0.2, 0.25) is 0 Å². The maximum atomic E-state index is 9.64. The van der Waals surface area contributed by atoms with E-state index in [-0.39, 0.29) is 12.1 Å². The van der Waals surface area contributed by atoms with Gasteiger partial charge in [0.25, 0.3) is 0 Å². The van der Waals surface area contributed by atoms with Crippen LogP contribution in [0.15, 0.2) is 0 Å². The summed E-state index contributed by atoms with van der Waals surface area (Å²) in [5.74, 6) is 1.26. The summed E-state index contributed by atoms with van der Waals surface area (Å²) in [7, 11) is 0. The van der Waals surface area contributed by atoms with E-state index in [2.05, 4.69) is 30.9 Å². The summed E-state index contributed by atoms with van der Waals surface area (Å²) in [5.41, 5.74) is -0.0216. The van der Waals surface area contributed by atoms with Crippen LogP contribution in [0.25, 0.3) is 0 Å². The van der Waals surface area contributed by atoms with Crippen LogP contribution < -0.4 is 5.32 Å². The van der Waals surface area contributed by atoms with Crippen LogP contribution in [0.5, 0.6) is 0 Å². The van der Waals surface area contributed by atoms with E-state index in [9.17, 15) is 5.11 Å². The molecule has 0 saturated heterocycles. The first-order valence-electron chi connectivity index (χ1n) is 7.74. The standard InChI is InChI=1S/C15H31NOS/c1-3-11-16-15(4-2,13-17)10-7-12-18-14-8-5-6-9-14/h14,16-17H,3-13H2,1-2H3. The average molecular weight is 273 g/mol. The third-order valence-corrected chi connectivity index (χ3v) is 5.65. The van der Waals surface area contributed by atoms with Gasteiger partial charge in [-0.25, -0.2) is 0 Å². The molecule has 3 heteroatoms. The quantitative estimate of drug-likeness (QED) is 0.597. The number of thioether (sulfide) groups is 1. The number of nitrogens with one attached hydrogen (secondary N) is 1. The molecule has 108 valence electrons. The summed E-state index contributed by atoms with van der Waals surface area (Å²) < 4.78 is 0. The predicted molar refractivity (Wildman–Crippen MR) is 82.3 cm³/mol. The summed E-state index contributed by atoms with van der Waals surface area (Å²) >= 11 is 2.16. The third-order valence-electron chi connectivity index (χ3n) is 4.18. The molecule has 0 heterocycles. The van der Waals surface area contributed by atoms with E-state index in [1.165, 1.54) is 37.9 Å². The number of hydrogen-bond acceptors (Lipinski definition) is 3. The van der Waals surface area contributed by atoms with E-state index < -0.39 is 0 Å². The molecule has 0 aromatic carbocycles. The third kappa shape index (κ3) is 5.50. The number of aliphatic hydroxyl groups is 1. The minimum atomic E-state index is -0.0216. The van der Waals surface area contributed by atoms with Crippen molar-refractivity contribution in [3.8, 4) is 0 Å². The van der Waals surface area contributed by atoms with Gasteiger partial charge in [-0.05, 0) is 50.8 Å². The molecule has 0 aromatic rings. The van der Waals surface area contributed by atoms with Gasteiger partial charge in [0, 0.05) is 10.8 Å². The fraction of sp³-hybridized carbons (Fsp3) is 1.00. The second-order valence-electron chi connectivity index (χ2n) is 5.60. The molecule has 0 amide bonds. The molecule has 1 fully saturated rings. The molecule has 2 N–H and O–H groups in total. The van der Waals surface area contributed by atoms with Crippen LogP contribution in [0.3, 0.4) is 0 Å². The van der Waals surface area contributed by atoms with Crippen LogP contribution in [0, 0.1) is 0 Å². The van der Waals surface area contributed by atoms with Crippen molar-refractivity contribution in [1.29, 1.82) is 0 Å². The Morgan fingerprint density at radius 3 is 2.56 bits per heavy atom. The molecule has 1 atom stereocenters. The highest BCUT2D eigenvalue weighted by atomic mass is 32.2. The smallest absolute Gasteiger partial charge is 0.0613 e. The summed E-state index contributed by atoms with van der Waals surface area (Å²) in [6.07, 6.45) is 10.2. The molecule has 1 aliphatic carbocycles. The molecule has 0 bridgehead atoms. The van der Waals surface area contributed by atoms with Crippen molar-refractivity contribution in [2.24, 2.45) is 0 Å². The number of rotatable bonds is 10. The highest BCUT2D eigenvalue weighted by molar-refractivity contribution is 7.99. The Balaban J connectivity index is 2.19. The first kappa shape index (κ1) is 16.3. The SMILES string of the molecule is CCCNC(CC)(CO)CCCSC1CCCC1. The van der Waals surface area contributed by atoms with Crippen LogP contribution in [-0.2, 0) is 0 Å². The Bertz CT molecular complexity index is 201. The zero-order valence-electron chi connectivity index (χ0n) is 12.2. The molecule has 0 aliphatic heterocycles. The van der Waals surface area contributed by atoms with Crippen LogP contribution >= 0.6 is 11.8 Å². The van der Waals surface area contributed by atoms with Gasteiger partial charge in [0.15, 0.2) is 0 Å². The second-order valence-corrected chi connectivity index (χ2v) is 7.01. The van der Waals surface area contributed by atoms with E-state index >= 15 is 0 Å². The molecular formula is C15H31NOS. The monoisotopic (exact) mass is 273 g/mol. The second kappa shape index (κ2) is 9.22. The van der Waals surface area contributed by atoms with Gasteiger partial charge in [0.2, 0.25) is 0 Å². The topological polar surface area (TPSA) is 32.3 Å².